The number of alkyl carbamates (subject to hydrolysis) is 1. The third-order valence-corrected chi connectivity index (χ3v) is 7.28. The molecule has 0 aliphatic heterocycles. The lowest BCUT2D eigenvalue weighted by atomic mass is 9.88. The minimum absolute atomic E-state index is 0.0461. The number of carbonyl (C=O) groups excluding carboxylic acids is 2. The zero-order valence-electron chi connectivity index (χ0n) is 23.8. The number of aromatic hydroxyl groups is 1. The van der Waals surface area contributed by atoms with Gasteiger partial charge in [-0.15, -0.1) is 0 Å². The van der Waals surface area contributed by atoms with Crippen LogP contribution < -0.4 is 10.6 Å². The maximum atomic E-state index is 13.8. The number of phenolic OH excluding ortho intramolecular Hbond substituents is 1. The van der Waals surface area contributed by atoms with Crippen molar-refractivity contribution in [3.05, 3.63) is 101 Å². The maximum absolute atomic E-state index is 13.8. The molecule has 1 aliphatic rings. The molecule has 41 heavy (non-hydrogen) atoms. The standard InChI is InChI=1S/C33H40N2O6/c1-33(2,3)41-32(40)34-27(18-21-9-5-4-6-10-21)28(37)20-24(17-22-13-15-25(36)16-14-22)31(39)35-30-26-12-8-7-11-23(26)19-29(30)38/h4-16,24,27-30,36-38H,17-20H2,1-3H3,(H,34,40)(H,35,39)/t24?,27?,28?,29-,30-/m0/s1. The van der Waals surface area contributed by atoms with Gasteiger partial charge in [0.15, 0.2) is 0 Å². The molecule has 0 aromatic heterocycles. The summed E-state index contributed by atoms with van der Waals surface area (Å²) in [6, 6.07) is 22.4. The highest BCUT2D eigenvalue weighted by Gasteiger charge is 2.35. The lowest BCUT2D eigenvalue weighted by Gasteiger charge is -2.29. The molecule has 8 heteroatoms. The fourth-order valence-electron chi connectivity index (χ4n) is 5.28. The van der Waals surface area contributed by atoms with Crippen molar-refractivity contribution in [3.63, 3.8) is 0 Å². The second kappa shape index (κ2) is 13.2. The van der Waals surface area contributed by atoms with Crippen LogP contribution in [0.15, 0.2) is 78.9 Å². The Morgan fingerprint density at radius 3 is 2.24 bits per heavy atom. The number of rotatable bonds is 10. The number of aliphatic hydroxyl groups is 2. The third-order valence-electron chi connectivity index (χ3n) is 7.28. The van der Waals surface area contributed by atoms with E-state index in [0.717, 1.165) is 22.3 Å². The van der Waals surface area contributed by atoms with E-state index in [2.05, 4.69) is 10.6 Å². The Kier molecular flexibility index (Phi) is 9.68. The molecule has 0 spiro atoms. The summed E-state index contributed by atoms with van der Waals surface area (Å²) in [7, 11) is 0. The summed E-state index contributed by atoms with van der Waals surface area (Å²) < 4.78 is 5.46. The van der Waals surface area contributed by atoms with Gasteiger partial charge in [0.25, 0.3) is 0 Å². The Morgan fingerprint density at radius 1 is 0.927 bits per heavy atom. The molecule has 4 rings (SSSR count). The van der Waals surface area contributed by atoms with Crippen molar-refractivity contribution >= 4 is 12.0 Å². The van der Waals surface area contributed by atoms with E-state index in [1.54, 1.807) is 45.0 Å². The number of carbonyl (C=O) groups is 2. The summed E-state index contributed by atoms with van der Waals surface area (Å²) in [4.78, 5) is 26.5. The van der Waals surface area contributed by atoms with Gasteiger partial charge in [0.1, 0.15) is 11.4 Å². The van der Waals surface area contributed by atoms with Gasteiger partial charge < -0.3 is 30.7 Å². The molecule has 0 radical (unpaired) electrons. The normalized spacial score (nSPS) is 18.6. The molecule has 5 atom stereocenters. The van der Waals surface area contributed by atoms with Gasteiger partial charge in [-0.25, -0.2) is 4.79 Å². The molecule has 0 heterocycles. The van der Waals surface area contributed by atoms with Crippen LogP contribution in [0.3, 0.4) is 0 Å². The summed E-state index contributed by atoms with van der Waals surface area (Å²) in [5, 5.41) is 37.8. The van der Waals surface area contributed by atoms with Crippen molar-refractivity contribution in [1.29, 1.82) is 0 Å². The van der Waals surface area contributed by atoms with Gasteiger partial charge in [-0.05, 0) is 74.4 Å². The molecule has 0 saturated carbocycles. The minimum Gasteiger partial charge on any atom is -0.508 e. The van der Waals surface area contributed by atoms with Gasteiger partial charge >= 0.3 is 6.09 Å². The predicted molar refractivity (Wildman–Crippen MR) is 156 cm³/mol. The highest BCUT2D eigenvalue weighted by Crippen LogP contribution is 2.32. The first-order valence-corrected chi connectivity index (χ1v) is 14.0. The van der Waals surface area contributed by atoms with Crippen LogP contribution in [0.25, 0.3) is 0 Å². The summed E-state index contributed by atoms with van der Waals surface area (Å²) in [5.41, 5.74) is 2.88. The van der Waals surface area contributed by atoms with E-state index < -0.39 is 41.9 Å². The van der Waals surface area contributed by atoms with Crippen LogP contribution in [-0.4, -0.2) is 51.2 Å². The Balaban J connectivity index is 1.56. The zero-order valence-corrected chi connectivity index (χ0v) is 23.8. The van der Waals surface area contributed by atoms with E-state index in [1.165, 1.54) is 0 Å². The van der Waals surface area contributed by atoms with Crippen LogP contribution in [0, 0.1) is 5.92 Å². The first kappa shape index (κ1) is 30.1. The monoisotopic (exact) mass is 560 g/mol. The minimum atomic E-state index is -1.09. The lowest BCUT2D eigenvalue weighted by molar-refractivity contribution is -0.127. The van der Waals surface area contributed by atoms with E-state index in [4.69, 9.17) is 4.74 Å². The molecule has 1 aliphatic carbocycles. The summed E-state index contributed by atoms with van der Waals surface area (Å²) in [5.74, 6) is -0.883. The van der Waals surface area contributed by atoms with Gasteiger partial charge in [0.05, 0.1) is 24.3 Å². The Labute approximate surface area is 241 Å². The van der Waals surface area contributed by atoms with Crippen LogP contribution in [0.4, 0.5) is 4.79 Å². The number of ether oxygens (including phenoxy) is 1. The number of benzene rings is 3. The van der Waals surface area contributed by atoms with Crippen LogP contribution in [0.1, 0.15) is 55.5 Å². The fourth-order valence-corrected chi connectivity index (χ4v) is 5.28. The summed E-state index contributed by atoms with van der Waals surface area (Å²) in [6.45, 7) is 5.30. The first-order valence-electron chi connectivity index (χ1n) is 14.0. The Morgan fingerprint density at radius 2 is 1.56 bits per heavy atom. The average Bonchev–Trinajstić information content (AvgIpc) is 3.23. The maximum Gasteiger partial charge on any atom is 0.407 e. The number of hydrogen-bond donors (Lipinski definition) is 5. The molecule has 218 valence electrons. The number of phenols is 1. The van der Waals surface area contributed by atoms with Gasteiger partial charge in [0.2, 0.25) is 5.91 Å². The second-order valence-electron chi connectivity index (χ2n) is 11.8. The molecule has 0 fully saturated rings. The molecular formula is C33H40N2O6. The van der Waals surface area contributed by atoms with Gasteiger partial charge in [-0.3, -0.25) is 4.79 Å². The molecule has 2 amide bonds. The van der Waals surface area contributed by atoms with E-state index in [-0.39, 0.29) is 24.5 Å². The Hall–Kier alpha value is -3.88. The number of fused-ring (bicyclic) bond motifs is 1. The van der Waals surface area contributed by atoms with Crippen molar-refractivity contribution in [1.82, 2.24) is 10.6 Å². The van der Waals surface area contributed by atoms with Crippen LogP contribution in [0.5, 0.6) is 5.75 Å². The predicted octanol–water partition coefficient (Wildman–Crippen LogP) is 4.21. The molecule has 5 N–H and O–H groups in total. The molecule has 3 aromatic rings. The highest BCUT2D eigenvalue weighted by atomic mass is 16.6. The number of aliphatic hydroxyl groups excluding tert-OH is 2. The van der Waals surface area contributed by atoms with Crippen molar-refractivity contribution < 1.29 is 29.6 Å². The Bertz CT molecular complexity index is 1310. The molecular weight excluding hydrogens is 520 g/mol. The third kappa shape index (κ3) is 8.55. The summed E-state index contributed by atoms with van der Waals surface area (Å²) >= 11 is 0. The SMILES string of the molecule is CC(C)(C)OC(=O)NC(Cc1ccccc1)C(O)CC(Cc1ccc(O)cc1)C(=O)N[C@H]1c2ccccc2C[C@@H]1O. The fraction of sp³-hybridized carbons (Fsp3) is 0.394. The smallest absolute Gasteiger partial charge is 0.407 e. The number of hydrogen-bond acceptors (Lipinski definition) is 6. The topological polar surface area (TPSA) is 128 Å². The molecule has 3 aromatic carbocycles. The molecule has 0 saturated heterocycles. The lowest BCUT2D eigenvalue weighted by Crippen LogP contribution is -2.48. The number of nitrogens with one attached hydrogen (secondary N) is 2. The van der Waals surface area contributed by atoms with Crippen molar-refractivity contribution in [2.75, 3.05) is 0 Å². The van der Waals surface area contributed by atoms with E-state index in [1.807, 2.05) is 54.6 Å². The quantitative estimate of drug-likeness (QED) is 0.253. The molecule has 0 bridgehead atoms. The molecule has 8 nitrogen and oxygen atoms in total. The van der Waals surface area contributed by atoms with E-state index >= 15 is 0 Å². The van der Waals surface area contributed by atoms with Crippen molar-refractivity contribution in [3.8, 4) is 5.75 Å². The van der Waals surface area contributed by atoms with Crippen LogP contribution in [-0.2, 0) is 28.8 Å². The van der Waals surface area contributed by atoms with Crippen LogP contribution >= 0.6 is 0 Å². The van der Waals surface area contributed by atoms with E-state index in [0.29, 0.717) is 12.8 Å². The summed E-state index contributed by atoms with van der Waals surface area (Å²) in [6.07, 6.45) is -1.37. The largest absolute Gasteiger partial charge is 0.508 e. The zero-order chi connectivity index (χ0) is 29.6. The second-order valence-corrected chi connectivity index (χ2v) is 11.8. The van der Waals surface area contributed by atoms with Gasteiger partial charge in [-0.1, -0.05) is 66.7 Å². The van der Waals surface area contributed by atoms with E-state index in [9.17, 15) is 24.9 Å². The number of amides is 2. The first-order chi connectivity index (χ1) is 19.5. The highest BCUT2D eigenvalue weighted by molar-refractivity contribution is 5.80. The molecule has 3 unspecified atom stereocenters. The van der Waals surface area contributed by atoms with Crippen LogP contribution in [0.2, 0.25) is 0 Å². The van der Waals surface area contributed by atoms with Gasteiger partial charge in [-0.2, -0.15) is 0 Å². The van der Waals surface area contributed by atoms with Crippen molar-refractivity contribution in [2.45, 2.75) is 76.3 Å². The van der Waals surface area contributed by atoms with Crippen molar-refractivity contribution in [2.24, 2.45) is 5.92 Å². The average molecular weight is 561 g/mol. The van der Waals surface area contributed by atoms with Gasteiger partial charge in [0, 0.05) is 12.3 Å².